The van der Waals surface area contributed by atoms with Crippen molar-refractivity contribution >= 4 is 28.3 Å². The zero-order valence-electron chi connectivity index (χ0n) is 20.4. The van der Waals surface area contributed by atoms with Gasteiger partial charge in [0, 0.05) is 42.0 Å². The highest BCUT2D eigenvalue weighted by molar-refractivity contribution is 5.99. The van der Waals surface area contributed by atoms with E-state index in [-0.39, 0.29) is 11.3 Å². The standard InChI is InChI=1S/C27H27F3N4O3/c1-18-3-4-21(15-24(18)27(28,29)30)33-26(35)32-20-5-7-22(8-6-20)34-17-19(10-12-37-14-13-36-2)23-9-11-31-16-25(23)34/h3-9,11,15-17H,10,12-14H2,1-2H3,(H2,32,33,35). The van der Waals surface area contributed by atoms with Crippen molar-refractivity contribution in [2.75, 3.05) is 37.6 Å². The summed E-state index contributed by atoms with van der Waals surface area (Å²) >= 11 is 0. The van der Waals surface area contributed by atoms with Gasteiger partial charge in [-0.1, -0.05) is 6.07 Å². The lowest BCUT2D eigenvalue weighted by Gasteiger charge is -2.13. The molecule has 37 heavy (non-hydrogen) atoms. The van der Waals surface area contributed by atoms with Crippen LogP contribution in [0.1, 0.15) is 16.7 Å². The van der Waals surface area contributed by atoms with Gasteiger partial charge in [0.05, 0.1) is 37.1 Å². The number of rotatable bonds is 9. The Hall–Kier alpha value is -3.89. The van der Waals surface area contributed by atoms with Crippen molar-refractivity contribution in [3.63, 3.8) is 0 Å². The van der Waals surface area contributed by atoms with E-state index in [1.54, 1.807) is 31.6 Å². The van der Waals surface area contributed by atoms with Gasteiger partial charge < -0.3 is 24.7 Å². The molecule has 10 heteroatoms. The second kappa shape index (κ2) is 11.4. The molecule has 7 nitrogen and oxygen atoms in total. The molecule has 0 fully saturated rings. The average Bonchev–Trinajstić information content (AvgIpc) is 3.23. The van der Waals surface area contributed by atoms with Gasteiger partial charge in [0.1, 0.15) is 0 Å². The van der Waals surface area contributed by atoms with Crippen molar-refractivity contribution in [2.45, 2.75) is 19.5 Å². The Morgan fingerprint density at radius 2 is 1.73 bits per heavy atom. The zero-order valence-corrected chi connectivity index (χ0v) is 20.4. The summed E-state index contributed by atoms with van der Waals surface area (Å²) < 4.78 is 52.1. The molecule has 0 bridgehead atoms. The minimum atomic E-state index is -4.50. The van der Waals surface area contributed by atoms with Gasteiger partial charge in [-0.3, -0.25) is 4.98 Å². The lowest BCUT2D eigenvalue weighted by atomic mass is 10.1. The van der Waals surface area contributed by atoms with Gasteiger partial charge in [-0.15, -0.1) is 0 Å². The maximum Gasteiger partial charge on any atom is 0.416 e. The number of anilines is 2. The molecular formula is C27H27F3N4O3. The molecular weight excluding hydrogens is 485 g/mol. The summed E-state index contributed by atoms with van der Waals surface area (Å²) in [4.78, 5) is 16.6. The van der Waals surface area contributed by atoms with E-state index >= 15 is 0 Å². The van der Waals surface area contributed by atoms with Crippen LogP contribution >= 0.6 is 0 Å². The van der Waals surface area contributed by atoms with Crippen LogP contribution in [0.15, 0.2) is 67.1 Å². The number of amides is 2. The number of nitrogens with zero attached hydrogens (tertiary/aromatic N) is 2. The summed E-state index contributed by atoms with van der Waals surface area (Å²) in [5.41, 5.74) is 2.76. The molecule has 2 aromatic carbocycles. The van der Waals surface area contributed by atoms with Crippen LogP contribution in [0.25, 0.3) is 16.6 Å². The number of ether oxygens (including phenoxy) is 2. The Labute approximate surface area is 212 Å². The molecule has 0 radical (unpaired) electrons. The number of hydrogen-bond acceptors (Lipinski definition) is 4. The number of hydrogen-bond donors (Lipinski definition) is 2. The normalized spacial score (nSPS) is 11.6. The molecule has 0 aliphatic carbocycles. The lowest BCUT2D eigenvalue weighted by molar-refractivity contribution is -0.138. The molecule has 4 aromatic rings. The van der Waals surface area contributed by atoms with Gasteiger partial charge in [-0.2, -0.15) is 13.2 Å². The number of benzene rings is 2. The molecule has 2 N–H and O–H groups in total. The van der Waals surface area contributed by atoms with Crippen LogP contribution in [0.4, 0.5) is 29.3 Å². The second-order valence-corrected chi connectivity index (χ2v) is 8.43. The number of carbonyl (C=O) groups excluding carboxylic acids is 1. The average molecular weight is 513 g/mol. The summed E-state index contributed by atoms with van der Waals surface area (Å²) in [6.45, 7) is 3.02. The van der Waals surface area contributed by atoms with Crippen molar-refractivity contribution in [1.82, 2.24) is 9.55 Å². The maximum absolute atomic E-state index is 13.2. The van der Waals surface area contributed by atoms with Crippen LogP contribution < -0.4 is 10.6 Å². The minimum Gasteiger partial charge on any atom is -0.382 e. The van der Waals surface area contributed by atoms with E-state index < -0.39 is 17.8 Å². The Morgan fingerprint density at radius 3 is 2.46 bits per heavy atom. The lowest BCUT2D eigenvalue weighted by Crippen LogP contribution is -2.20. The number of pyridine rings is 1. The summed E-state index contributed by atoms with van der Waals surface area (Å²) in [6.07, 6.45) is 1.81. The van der Waals surface area contributed by atoms with E-state index in [2.05, 4.69) is 15.6 Å². The van der Waals surface area contributed by atoms with Gasteiger partial charge >= 0.3 is 12.2 Å². The van der Waals surface area contributed by atoms with Gasteiger partial charge in [0.2, 0.25) is 0 Å². The third-order valence-electron chi connectivity index (χ3n) is 5.84. The highest BCUT2D eigenvalue weighted by atomic mass is 19.4. The smallest absolute Gasteiger partial charge is 0.382 e. The van der Waals surface area contributed by atoms with Gasteiger partial charge in [-0.05, 0) is 66.9 Å². The third kappa shape index (κ3) is 6.46. The largest absolute Gasteiger partial charge is 0.416 e. The molecule has 0 aliphatic heterocycles. The third-order valence-corrected chi connectivity index (χ3v) is 5.84. The van der Waals surface area contributed by atoms with Crippen LogP contribution in [0.5, 0.6) is 0 Å². The van der Waals surface area contributed by atoms with Gasteiger partial charge in [-0.25, -0.2) is 4.79 Å². The molecule has 0 saturated heterocycles. The molecule has 194 valence electrons. The molecule has 0 aliphatic rings. The van der Waals surface area contributed by atoms with Crippen LogP contribution in [0.3, 0.4) is 0 Å². The first-order valence-corrected chi connectivity index (χ1v) is 11.6. The minimum absolute atomic E-state index is 0.0529. The van der Waals surface area contributed by atoms with Crippen molar-refractivity contribution in [3.05, 3.63) is 83.8 Å². The van der Waals surface area contributed by atoms with Crippen molar-refractivity contribution in [2.24, 2.45) is 0 Å². The molecule has 2 amide bonds. The van der Waals surface area contributed by atoms with E-state index in [0.29, 0.717) is 25.5 Å². The molecule has 2 aromatic heterocycles. The summed E-state index contributed by atoms with van der Waals surface area (Å²) in [5, 5.41) is 6.17. The SMILES string of the molecule is COCCOCCc1cn(-c2ccc(NC(=O)Nc3ccc(C)c(C(F)(F)F)c3)cc2)c2cnccc12. The number of halogens is 3. The van der Waals surface area contributed by atoms with E-state index in [4.69, 9.17) is 9.47 Å². The number of fused-ring (bicyclic) bond motifs is 1. The first-order chi connectivity index (χ1) is 17.8. The molecule has 2 heterocycles. The fourth-order valence-electron chi connectivity index (χ4n) is 3.99. The van der Waals surface area contributed by atoms with Crippen molar-refractivity contribution < 1.29 is 27.4 Å². The van der Waals surface area contributed by atoms with E-state index in [0.717, 1.165) is 34.6 Å². The van der Waals surface area contributed by atoms with Crippen molar-refractivity contribution in [1.29, 1.82) is 0 Å². The topological polar surface area (TPSA) is 77.4 Å². The predicted molar refractivity (Wildman–Crippen MR) is 136 cm³/mol. The molecule has 0 spiro atoms. The quantitative estimate of drug-likeness (QED) is 0.262. The van der Waals surface area contributed by atoms with Crippen LogP contribution in [0, 0.1) is 6.92 Å². The summed E-state index contributed by atoms with van der Waals surface area (Å²) in [5.74, 6) is 0. The molecule has 0 saturated carbocycles. The van der Waals surface area contributed by atoms with Crippen LogP contribution in [-0.2, 0) is 22.1 Å². The maximum atomic E-state index is 13.2. The molecule has 0 atom stereocenters. The van der Waals surface area contributed by atoms with Crippen LogP contribution in [-0.4, -0.2) is 42.5 Å². The first kappa shape index (κ1) is 26.2. The van der Waals surface area contributed by atoms with E-state index in [1.165, 1.54) is 19.1 Å². The Bertz CT molecular complexity index is 1370. The van der Waals surface area contributed by atoms with E-state index in [1.807, 2.05) is 29.0 Å². The molecule has 4 rings (SSSR count). The predicted octanol–water partition coefficient (Wildman–Crippen LogP) is 6.20. The number of nitrogens with one attached hydrogen (secondary N) is 2. The van der Waals surface area contributed by atoms with Gasteiger partial charge in [0.15, 0.2) is 0 Å². The molecule has 0 unspecified atom stereocenters. The fourth-order valence-corrected chi connectivity index (χ4v) is 3.99. The van der Waals surface area contributed by atoms with Crippen LogP contribution in [0.2, 0.25) is 0 Å². The number of alkyl halides is 3. The fraction of sp³-hybridized carbons (Fsp3) is 0.259. The monoisotopic (exact) mass is 512 g/mol. The summed E-state index contributed by atoms with van der Waals surface area (Å²) in [6, 6.07) is 12.1. The zero-order chi connectivity index (χ0) is 26.4. The number of urea groups is 1. The van der Waals surface area contributed by atoms with E-state index in [9.17, 15) is 18.0 Å². The Kier molecular flexibility index (Phi) is 8.10. The first-order valence-electron chi connectivity index (χ1n) is 11.6. The highest BCUT2D eigenvalue weighted by Crippen LogP contribution is 2.33. The van der Waals surface area contributed by atoms with Gasteiger partial charge in [0.25, 0.3) is 0 Å². The number of carbonyl (C=O) groups is 1. The Balaban J connectivity index is 1.45. The highest BCUT2D eigenvalue weighted by Gasteiger charge is 2.32. The number of methoxy groups -OCH3 is 1. The second-order valence-electron chi connectivity index (χ2n) is 8.43. The number of aryl methyl sites for hydroxylation is 1. The van der Waals surface area contributed by atoms with Crippen molar-refractivity contribution in [3.8, 4) is 5.69 Å². The summed E-state index contributed by atoms with van der Waals surface area (Å²) in [7, 11) is 1.63. The number of aromatic nitrogens is 2. The Morgan fingerprint density at radius 1 is 1.00 bits per heavy atom.